The van der Waals surface area contributed by atoms with Crippen LogP contribution in [-0.2, 0) is 11.2 Å². The molecule has 0 bridgehead atoms. The summed E-state index contributed by atoms with van der Waals surface area (Å²) in [6.07, 6.45) is 3.04. The summed E-state index contributed by atoms with van der Waals surface area (Å²) in [5.74, 6) is 1.16. The number of hydrogen-bond donors (Lipinski definition) is 1. The Balaban J connectivity index is 1.35. The van der Waals surface area contributed by atoms with E-state index in [-0.39, 0.29) is 17.8 Å². The lowest BCUT2D eigenvalue weighted by Crippen LogP contribution is -2.43. The number of carbonyl (C=O) groups excluding carboxylic acids is 1. The number of nitrogens with one attached hydrogen (secondary N) is 1. The van der Waals surface area contributed by atoms with Gasteiger partial charge in [0.2, 0.25) is 11.6 Å². The molecule has 0 atom stereocenters. The molecular weight excluding hydrogens is 388 g/mol. The van der Waals surface area contributed by atoms with Gasteiger partial charge in [0, 0.05) is 30.8 Å². The molecule has 10 nitrogen and oxygen atoms in total. The molecule has 156 valence electrons. The summed E-state index contributed by atoms with van der Waals surface area (Å²) in [7, 11) is 1.60. The molecule has 3 heterocycles. The van der Waals surface area contributed by atoms with Gasteiger partial charge in [-0.15, -0.1) is 0 Å². The maximum Gasteiger partial charge on any atom is 0.368 e. The predicted molar refractivity (Wildman–Crippen MR) is 110 cm³/mol. The quantitative estimate of drug-likeness (QED) is 0.490. The normalized spacial score (nSPS) is 14.6. The molecule has 1 aliphatic heterocycles. The SMILES string of the molecule is COc1ccccc1CC(=O)N1CCC(Nc2ccc3ncc([N+](=O)[O-])n3n2)CC1. The highest BCUT2D eigenvalue weighted by atomic mass is 16.6. The fourth-order valence-corrected chi connectivity index (χ4v) is 3.67. The Bertz CT molecular complexity index is 1070. The Kier molecular flexibility index (Phi) is 5.46. The summed E-state index contributed by atoms with van der Waals surface area (Å²) in [4.78, 5) is 29.1. The van der Waals surface area contributed by atoms with Crippen molar-refractivity contribution in [3.05, 3.63) is 58.3 Å². The number of imidazole rings is 1. The molecule has 0 spiro atoms. The van der Waals surface area contributed by atoms with Crippen LogP contribution >= 0.6 is 0 Å². The lowest BCUT2D eigenvalue weighted by Gasteiger charge is -2.32. The van der Waals surface area contributed by atoms with E-state index in [9.17, 15) is 14.9 Å². The van der Waals surface area contributed by atoms with Gasteiger partial charge in [0.25, 0.3) is 0 Å². The highest BCUT2D eigenvalue weighted by Crippen LogP contribution is 2.21. The number of likely N-dealkylation sites (tertiary alicyclic amines) is 1. The number of ether oxygens (including phenoxy) is 1. The zero-order valence-corrected chi connectivity index (χ0v) is 16.5. The van der Waals surface area contributed by atoms with Crippen molar-refractivity contribution >= 4 is 23.2 Å². The highest BCUT2D eigenvalue weighted by Gasteiger charge is 2.24. The van der Waals surface area contributed by atoms with Crippen LogP contribution in [0.4, 0.5) is 11.6 Å². The number of aromatic nitrogens is 3. The van der Waals surface area contributed by atoms with Crippen LogP contribution in [0.1, 0.15) is 18.4 Å². The average molecular weight is 410 g/mol. The lowest BCUT2D eigenvalue weighted by atomic mass is 10.0. The molecular formula is C20H22N6O4. The van der Waals surface area contributed by atoms with Gasteiger partial charge >= 0.3 is 5.82 Å². The van der Waals surface area contributed by atoms with Gasteiger partial charge < -0.3 is 25.1 Å². The van der Waals surface area contributed by atoms with Crippen LogP contribution in [0.5, 0.6) is 5.75 Å². The largest absolute Gasteiger partial charge is 0.496 e. The standard InChI is InChI=1S/C20H22N6O4/c1-30-16-5-3-2-4-14(16)12-20(27)24-10-8-15(9-11-24)22-17-6-7-18-21-13-19(26(28)29)25(18)23-17/h2-7,13,15H,8-12H2,1H3,(H,22,23). The molecule has 0 saturated carbocycles. The maximum absolute atomic E-state index is 12.7. The third kappa shape index (κ3) is 4.02. The molecule has 2 aromatic heterocycles. The summed E-state index contributed by atoms with van der Waals surface area (Å²) in [5.41, 5.74) is 1.30. The smallest absolute Gasteiger partial charge is 0.368 e. The molecule has 1 amide bonds. The number of hydrogen-bond acceptors (Lipinski definition) is 7. The number of carbonyl (C=O) groups is 1. The number of benzene rings is 1. The molecule has 1 N–H and O–H groups in total. The molecule has 1 aromatic carbocycles. The number of nitro groups is 1. The topological polar surface area (TPSA) is 115 Å². The van der Waals surface area contributed by atoms with Crippen LogP contribution in [0.25, 0.3) is 5.65 Å². The number of fused-ring (bicyclic) bond motifs is 1. The van der Waals surface area contributed by atoms with Gasteiger partial charge in [0.1, 0.15) is 11.9 Å². The molecule has 4 rings (SSSR count). The minimum atomic E-state index is -0.511. The third-order valence-electron chi connectivity index (χ3n) is 5.27. The van der Waals surface area contributed by atoms with Crippen molar-refractivity contribution in [2.45, 2.75) is 25.3 Å². The third-order valence-corrected chi connectivity index (χ3v) is 5.27. The van der Waals surface area contributed by atoms with Crippen molar-refractivity contribution in [3.63, 3.8) is 0 Å². The van der Waals surface area contributed by atoms with E-state index in [1.165, 1.54) is 10.7 Å². The molecule has 1 aliphatic rings. The van der Waals surface area contributed by atoms with E-state index in [1.807, 2.05) is 29.2 Å². The summed E-state index contributed by atoms with van der Waals surface area (Å²) < 4.78 is 6.55. The van der Waals surface area contributed by atoms with Crippen LogP contribution < -0.4 is 10.1 Å². The Labute approximate surface area is 172 Å². The highest BCUT2D eigenvalue weighted by molar-refractivity contribution is 5.79. The number of nitrogens with zero attached hydrogens (tertiary/aromatic N) is 5. The Hall–Kier alpha value is -3.69. The van der Waals surface area contributed by atoms with Crippen LogP contribution in [0.2, 0.25) is 0 Å². The van der Waals surface area contributed by atoms with Gasteiger partial charge in [-0.25, -0.2) is 4.98 Å². The summed E-state index contributed by atoms with van der Waals surface area (Å²) in [6.45, 7) is 1.28. The van der Waals surface area contributed by atoms with Gasteiger partial charge in [-0.3, -0.25) is 4.79 Å². The minimum Gasteiger partial charge on any atom is -0.496 e. The summed E-state index contributed by atoms with van der Waals surface area (Å²) in [5, 5.41) is 18.7. The van der Waals surface area contributed by atoms with E-state index in [0.717, 1.165) is 24.2 Å². The molecule has 0 aliphatic carbocycles. The number of anilines is 1. The van der Waals surface area contributed by atoms with Crippen LogP contribution in [-0.4, -0.2) is 56.6 Å². The van der Waals surface area contributed by atoms with Crippen molar-refractivity contribution < 1.29 is 14.5 Å². The first-order valence-corrected chi connectivity index (χ1v) is 9.70. The van der Waals surface area contributed by atoms with Crippen molar-refractivity contribution in [1.29, 1.82) is 0 Å². The number of piperidine rings is 1. The van der Waals surface area contributed by atoms with E-state index in [0.29, 0.717) is 31.0 Å². The van der Waals surface area contributed by atoms with Crippen molar-refractivity contribution in [2.75, 3.05) is 25.5 Å². The van der Waals surface area contributed by atoms with Crippen molar-refractivity contribution in [3.8, 4) is 5.75 Å². The van der Waals surface area contributed by atoms with E-state index in [2.05, 4.69) is 15.4 Å². The molecule has 0 radical (unpaired) electrons. The fraction of sp³-hybridized carbons (Fsp3) is 0.350. The summed E-state index contributed by atoms with van der Waals surface area (Å²) in [6, 6.07) is 11.1. The average Bonchev–Trinajstić information content (AvgIpc) is 3.18. The van der Waals surface area contributed by atoms with Gasteiger partial charge in [-0.05, 0) is 29.9 Å². The first kappa shape index (κ1) is 19.6. The maximum atomic E-state index is 12.7. The Morgan fingerprint density at radius 3 is 2.77 bits per heavy atom. The number of methoxy groups -OCH3 is 1. The van der Waals surface area contributed by atoms with Gasteiger partial charge in [-0.1, -0.05) is 27.8 Å². The minimum absolute atomic E-state index is 0.0755. The zero-order chi connectivity index (χ0) is 21.1. The lowest BCUT2D eigenvalue weighted by molar-refractivity contribution is -0.391. The number of amides is 1. The fourth-order valence-electron chi connectivity index (χ4n) is 3.67. The van der Waals surface area contributed by atoms with Crippen LogP contribution in [0, 0.1) is 10.1 Å². The second kappa shape index (κ2) is 8.36. The van der Waals surface area contributed by atoms with Crippen molar-refractivity contribution in [2.24, 2.45) is 0 Å². The Morgan fingerprint density at radius 1 is 1.27 bits per heavy atom. The molecule has 1 saturated heterocycles. The van der Waals surface area contributed by atoms with E-state index < -0.39 is 4.92 Å². The van der Waals surface area contributed by atoms with Crippen LogP contribution in [0.15, 0.2) is 42.6 Å². The summed E-state index contributed by atoms with van der Waals surface area (Å²) >= 11 is 0. The van der Waals surface area contributed by atoms with E-state index in [4.69, 9.17) is 4.74 Å². The molecule has 30 heavy (non-hydrogen) atoms. The predicted octanol–water partition coefficient (Wildman–Crippen LogP) is 2.29. The monoisotopic (exact) mass is 410 g/mol. The molecule has 1 fully saturated rings. The van der Waals surface area contributed by atoms with Crippen molar-refractivity contribution in [1.82, 2.24) is 19.5 Å². The first-order valence-electron chi connectivity index (χ1n) is 9.70. The van der Waals surface area contributed by atoms with Gasteiger partial charge in [0.15, 0.2) is 5.82 Å². The number of rotatable bonds is 6. The second-order valence-electron chi connectivity index (χ2n) is 7.15. The molecule has 10 heteroatoms. The molecule has 0 unspecified atom stereocenters. The van der Waals surface area contributed by atoms with Gasteiger partial charge in [0.05, 0.1) is 13.5 Å². The zero-order valence-electron chi connectivity index (χ0n) is 16.5. The molecule has 3 aromatic rings. The second-order valence-corrected chi connectivity index (χ2v) is 7.15. The van der Waals surface area contributed by atoms with Gasteiger partial charge in [-0.2, -0.15) is 0 Å². The van der Waals surface area contributed by atoms with Crippen LogP contribution in [0.3, 0.4) is 0 Å². The van der Waals surface area contributed by atoms with E-state index in [1.54, 1.807) is 19.2 Å². The first-order chi connectivity index (χ1) is 14.5. The Morgan fingerprint density at radius 2 is 2.03 bits per heavy atom. The number of para-hydroxylation sites is 1. The van der Waals surface area contributed by atoms with E-state index >= 15 is 0 Å².